The van der Waals surface area contributed by atoms with Gasteiger partial charge in [0.2, 0.25) is 0 Å². The number of allylic oxidation sites excluding steroid dienone is 7. The fourth-order valence-electron chi connectivity index (χ4n) is 6.41. The number of quaternary nitrogens is 1. The zero-order valence-corrected chi connectivity index (χ0v) is 37.8. The quantitative estimate of drug-likeness (QED) is 0.0204. The van der Waals surface area contributed by atoms with Gasteiger partial charge in [-0.25, -0.2) is 4.57 Å². The summed E-state index contributed by atoms with van der Waals surface area (Å²) in [5, 5.41) is 10.2. The van der Waals surface area contributed by atoms with E-state index in [2.05, 4.69) is 26.0 Å². The van der Waals surface area contributed by atoms with Crippen molar-refractivity contribution in [2.75, 3.05) is 47.5 Å². The largest absolute Gasteiger partial charge is 0.472 e. The van der Waals surface area contributed by atoms with Crippen LogP contribution in [0, 0.1) is 11.8 Å². The SMILES string of the molecule is CCCCCCCC/C=C\CCCCCCCC(=O)OC[C@H](COP(=O)(O)OCC[N+](C)(C)C)OC(=O)CCC/C=C\C[C@H]1C=CC(=O)[C@@H]1/C=C/[C@@H](O)CCCCC. The Morgan fingerprint density at radius 3 is 2.03 bits per heavy atom. The number of rotatable bonds is 37. The number of nitrogens with zero attached hydrogens (tertiary/aromatic N) is 1. The summed E-state index contributed by atoms with van der Waals surface area (Å²) in [4.78, 5) is 47.9. The summed E-state index contributed by atoms with van der Waals surface area (Å²) < 4.78 is 34.3. The first-order valence-electron chi connectivity index (χ1n) is 22.4. The molecule has 0 spiro atoms. The van der Waals surface area contributed by atoms with Crippen LogP contribution in [-0.4, -0.2) is 91.9 Å². The average molecular weight is 839 g/mol. The lowest BCUT2D eigenvalue weighted by Crippen LogP contribution is -2.37. The van der Waals surface area contributed by atoms with E-state index in [-0.39, 0.29) is 43.7 Å². The highest BCUT2D eigenvalue weighted by Gasteiger charge is 2.28. The Kier molecular flexibility index (Phi) is 30.8. The Morgan fingerprint density at radius 1 is 0.776 bits per heavy atom. The molecule has 0 aromatic heterocycles. The van der Waals surface area contributed by atoms with E-state index in [1.54, 1.807) is 12.2 Å². The van der Waals surface area contributed by atoms with Gasteiger partial charge >= 0.3 is 19.8 Å². The number of unbranched alkanes of at least 4 members (excludes halogenated alkanes) is 14. The van der Waals surface area contributed by atoms with Crippen LogP contribution in [0.4, 0.5) is 0 Å². The van der Waals surface area contributed by atoms with Crippen molar-refractivity contribution in [3.8, 4) is 0 Å². The van der Waals surface area contributed by atoms with Crippen LogP contribution in [0.25, 0.3) is 0 Å². The maximum Gasteiger partial charge on any atom is 0.472 e. The van der Waals surface area contributed by atoms with Crippen LogP contribution in [0.15, 0.2) is 48.6 Å². The third kappa shape index (κ3) is 30.6. The number of aliphatic hydroxyl groups excluding tert-OH is 1. The number of likely N-dealkylation sites (N-methyl/N-ethyl adjacent to an activating group) is 1. The first-order chi connectivity index (χ1) is 27.8. The summed E-state index contributed by atoms with van der Waals surface area (Å²) in [5.41, 5.74) is 0. The van der Waals surface area contributed by atoms with Gasteiger partial charge in [0, 0.05) is 18.8 Å². The van der Waals surface area contributed by atoms with Crippen LogP contribution in [0.3, 0.4) is 0 Å². The lowest BCUT2D eigenvalue weighted by atomic mass is 9.90. The monoisotopic (exact) mass is 839 g/mol. The number of esters is 2. The van der Waals surface area contributed by atoms with Gasteiger partial charge in [-0.1, -0.05) is 127 Å². The Hall–Kier alpha value is -2.40. The predicted molar refractivity (Wildman–Crippen MR) is 233 cm³/mol. The molecule has 11 nitrogen and oxygen atoms in total. The first-order valence-corrected chi connectivity index (χ1v) is 23.9. The minimum atomic E-state index is -4.43. The Bertz CT molecular complexity index is 1270. The standard InChI is InChI=1S/C46H80NO10P/c1-6-8-10-11-12-13-14-15-16-17-18-19-20-21-26-30-45(50)54-38-42(39-56-58(52,53)55-37-36-47(3,4)5)57-46(51)31-27-23-22-25-28-40-32-35-44(49)43(40)34-33-41(48)29-24-9-7-2/h15-16,22,25,32-35,40-43,48H,6-14,17-21,23-24,26-31,36-39H2,1-5H3/p+1/b16-15-,25-22-,34-33+/t40-,41-,42+,43+/m0/s1. The average Bonchev–Trinajstić information content (AvgIpc) is 3.52. The van der Waals surface area contributed by atoms with E-state index < -0.39 is 38.6 Å². The third-order valence-corrected chi connectivity index (χ3v) is 11.1. The number of phosphoric acid groups is 1. The number of carbonyl (C=O) groups is 3. The van der Waals surface area contributed by atoms with Crippen molar-refractivity contribution in [1.82, 2.24) is 0 Å². The van der Waals surface area contributed by atoms with Gasteiger partial charge in [0.15, 0.2) is 11.9 Å². The number of hydrogen-bond acceptors (Lipinski definition) is 9. The molecular formula is C46H81NO10P+. The molecule has 1 aliphatic rings. The smallest absolute Gasteiger partial charge is 0.462 e. The van der Waals surface area contributed by atoms with Gasteiger partial charge < -0.3 is 24.0 Å². The van der Waals surface area contributed by atoms with Crippen LogP contribution >= 0.6 is 7.82 Å². The molecule has 1 aliphatic carbocycles. The van der Waals surface area contributed by atoms with Gasteiger partial charge in [-0.2, -0.15) is 0 Å². The Morgan fingerprint density at radius 2 is 1.36 bits per heavy atom. The third-order valence-electron chi connectivity index (χ3n) is 10.1. The summed E-state index contributed by atoms with van der Waals surface area (Å²) >= 11 is 0. The predicted octanol–water partition coefficient (Wildman–Crippen LogP) is 10.3. The Balaban J connectivity index is 2.48. The number of hydrogen-bond donors (Lipinski definition) is 2. The summed E-state index contributed by atoms with van der Waals surface area (Å²) in [6, 6.07) is 0. The van der Waals surface area contributed by atoms with E-state index in [9.17, 15) is 28.9 Å². The van der Waals surface area contributed by atoms with Crippen molar-refractivity contribution < 1.29 is 52.0 Å². The maximum absolute atomic E-state index is 12.8. The lowest BCUT2D eigenvalue weighted by molar-refractivity contribution is -0.870. The second kappa shape index (κ2) is 33.3. The van der Waals surface area contributed by atoms with Crippen molar-refractivity contribution in [3.63, 3.8) is 0 Å². The fourth-order valence-corrected chi connectivity index (χ4v) is 7.15. The minimum Gasteiger partial charge on any atom is -0.462 e. The topological polar surface area (TPSA) is 146 Å². The molecular weight excluding hydrogens is 757 g/mol. The molecule has 1 unspecified atom stereocenters. The van der Waals surface area contributed by atoms with Crippen LogP contribution in [-0.2, 0) is 37.5 Å². The van der Waals surface area contributed by atoms with E-state index in [1.165, 1.54) is 44.9 Å². The van der Waals surface area contributed by atoms with Crippen molar-refractivity contribution in [2.24, 2.45) is 11.8 Å². The summed E-state index contributed by atoms with van der Waals surface area (Å²) in [5.74, 6) is -1.19. The highest BCUT2D eigenvalue weighted by Crippen LogP contribution is 2.43. The maximum atomic E-state index is 12.8. The number of carbonyl (C=O) groups excluding carboxylic acids is 3. The summed E-state index contributed by atoms with van der Waals surface area (Å²) in [7, 11) is 1.34. The summed E-state index contributed by atoms with van der Waals surface area (Å²) in [6.45, 7) is 4.07. The molecule has 12 heteroatoms. The second-order valence-electron chi connectivity index (χ2n) is 16.7. The molecule has 5 atom stereocenters. The van der Waals surface area contributed by atoms with Crippen LogP contribution in [0.1, 0.15) is 155 Å². The van der Waals surface area contributed by atoms with Crippen molar-refractivity contribution in [2.45, 2.75) is 167 Å². The van der Waals surface area contributed by atoms with E-state index in [4.69, 9.17) is 18.5 Å². The highest BCUT2D eigenvalue weighted by molar-refractivity contribution is 7.47. The van der Waals surface area contributed by atoms with Gasteiger partial charge in [0.25, 0.3) is 0 Å². The molecule has 58 heavy (non-hydrogen) atoms. The van der Waals surface area contributed by atoms with Crippen molar-refractivity contribution in [1.29, 1.82) is 0 Å². The van der Waals surface area contributed by atoms with Crippen LogP contribution in [0.5, 0.6) is 0 Å². The van der Waals surface area contributed by atoms with Crippen molar-refractivity contribution >= 4 is 25.5 Å². The van der Waals surface area contributed by atoms with Gasteiger partial charge in [-0.15, -0.1) is 0 Å². The molecule has 2 N–H and O–H groups in total. The lowest BCUT2D eigenvalue weighted by Gasteiger charge is -2.24. The fraction of sp³-hybridized carbons (Fsp3) is 0.761. The molecule has 0 saturated carbocycles. The molecule has 0 aromatic carbocycles. The van der Waals surface area contributed by atoms with E-state index >= 15 is 0 Å². The normalized spacial score (nSPS) is 18.1. The zero-order chi connectivity index (χ0) is 42.9. The second-order valence-corrected chi connectivity index (χ2v) is 18.2. The Labute approximate surface area is 351 Å². The van der Waals surface area contributed by atoms with E-state index in [0.717, 1.165) is 51.4 Å². The molecule has 0 amide bonds. The molecule has 0 heterocycles. The number of ketones is 1. The van der Waals surface area contributed by atoms with Crippen LogP contribution < -0.4 is 0 Å². The van der Waals surface area contributed by atoms with Gasteiger partial charge in [0.05, 0.1) is 33.9 Å². The molecule has 0 bridgehead atoms. The number of phosphoric ester groups is 1. The molecule has 0 aromatic rings. The molecule has 1 rings (SSSR count). The highest BCUT2D eigenvalue weighted by atomic mass is 31.2. The molecule has 0 fully saturated rings. The van der Waals surface area contributed by atoms with E-state index in [1.807, 2.05) is 45.4 Å². The first kappa shape index (κ1) is 53.6. The van der Waals surface area contributed by atoms with Gasteiger partial charge in [0.1, 0.15) is 19.8 Å². The molecule has 0 radical (unpaired) electrons. The van der Waals surface area contributed by atoms with E-state index in [0.29, 0.717) is 43.1 Å². The molecule has 334 valence electrons. The van der Waals surface area contributed by atoms with Crippen molar-refractivity contribution in [3.05, 3.63) is 48.6 Å². The van der Waals surface area contributed by atoms with Gasteiger partial charge in [-0.3, -0.25) is 23.4 Å². The van der Waals surface area contributed by atoms with Crippen LogP contribution in [0.2, 0.25) is 0 Å². The zero-order valence-electron chi connectivity index (χ0n) is 36.9. The molecule has 0 saturated heterocycles. The number of aliphatic hydroxyl groups is 1. The molecule has 0 aliphatic heterocycles. The summed E-state index contributed by atoms with van der Waals surface area (Å²) in [6.07, 6.45) is 35.0. The minimum absolute atomic E-state index is 0.00681. The number of ether oxygens (including phenoxy) is 2. The van der Waals surface area contributed by atoms with Gasteiger partial charge in [-0.05, 0) is 69.8 Å².